The minimum absolute atomic E-state index is 0.233. The number of esters is 1. The molecule has 0 radical (unpaired) electrons. The standard InChI is InChI=1S/C17H29FO3/c1-17(2,3)15(19)12-10-8-6-5-7-9-11-14(18)13-16(20)21-4/h13H,5-12H2,1-4H3/b14-13-. The topological polar surface area (TPSA) is 43.4 Å². The van der Waals surface area contributed by atoms with Gasteiger partial charge in [0, 0.05) is 11.8 Å². The molecule has 0 fully saturated rings. The molecular formula is C17H29FO3. The van der Waals surface area contributed by atoms with Crippen LogP contribution in [0.5, 0.6) is 0 Å². The largest absolute Gasteiger partial charge is 0.466 e. The second-order valence-electron chi connectivity index (χ2n) is 6.41. The SMILES string of the molecule is COC(=O)/C=C(\F)CCCCCCCCC(=O)C(C)(C)C. The average molecular weight is 300 g/mol. The fourth-order valence-electron chi connectivity index (χ4n) is 1.92. The van der Waals surface area contributed by atoms with Gasteiger partial charge in [0.1, 0.15) is 11.6 Å². The molecule has 0 aromatic heterocycles. The molecule has 0 bridgehead atoms. The Balaban J connectivity index is 3.51. The molecule has 0 aliphatic heterocycles. The zero-order chi connectivity index (χ0) is 16.3. The van der Waals surface area contributed by atoms with Crippen molar-refractivity contribution < 1.29 is 18.7 Å². The van der Waals surface area contributed by atoms with Crippen LogP contribution in [0.1, 0.15) is 72.1 Å². The lowest BCUT2D eigenvalue weighted by Crippen LogP contribution is -2.19. The normalized spacial score (nSPS) is 12.3. The van der Waals surface area contributed by atoms with Crippen LogP contribution in [0.3, 0.4) is 0 Å². The highest BCUT2D eigenvalue weighted by atomic mass is 19.1. The van der Waals surface area contributed by atoms with Gasteiger partial charge in [-0.25, -0.2) is 9.18 Å². The van der Waals surface area contributed by atoms with Crippen LogP contribution in [-0.2, 0) is 14.3 Å². The predicted octanol–water partition coefficient (Wildman–Crippen LogP) is 4.75. The highest BCUT2D eigenvalue weighted by Gasteiger charge is 2.19. The number of ether oxygens (including phenoxy) is 1. The third-order valence-electron chi connectivity index (χ3n) is 3.38. The van der Waals surface area contributed by atoms with Gasteiger partial charge in [-0.05, 0) is 19.3 Å². The summed E-state index contributed by atoms with van der Waals surface area (Å²) in [6.45, 7) is 5.85. The Kier molecular flexibility index (Phi) is 9.93. The fraction of sp³-hybridized carbons (Fsp3) is 0.765. The van der Waals surface area contributed by atoms with Crippen LogP contribution < -0.4 is 0 Å². The summed E-state index contributed by atoms with van der Waals surface area (Å²) in [7, 11) is 1.23. The molecule has 0 spiro atoms. The molecule has 3 nitrogen and oxygen atoms in total. The summed E-state index contributed by atoms with van der Waals surface area (Å²) in [6.07, 6.45) is 7.61. The average Bonchev–Trinajstić information content (AvgIpc) is 2.40. The summed E-state index contributed by atoms with van der Waals surface area (Å²) in [6, 6.07) is 0. The fourth-order valence-corrected chi connectivity index (χ4v) is 1.92. The van der Waals surface area contributed by atoms with E-state index in [0.29, 0.717) is 12.2 Å². The minimum atomic E-state index is -0.643. The zero-order valence-electron chi connectivity index (χ0n) is 13.8. The van der Waals surface area contributed by atoms with Gasteiger partial charge in [0.25, 0.3) is 0 Å². The molecule has 0 saturated heterocycles. The van der Waals surface area contributed by atoms with Gasteiger partial charge < -0.3 is 4.74 Å². The molecule has 0 rings (SSSR count). The number of hydrogen-bond acceptors (Lipinski definition) is 3. The van der Waals surface area contributed by atoms with Crippen LogP contribution in [0, 0.1) is 5.41 Å². The second kappa shape index (κ2) is 10.5. The first-order valence-electron chi connectivity index (χ1n) is 7.74. The van der Waals surface area contributed by atoms with E-state index in [0.717, 1.165) is 44.6 Å². The van der Waals surface area contributed by atoms with Crippen LogP contribution in [-0.4, -0.2) is 18.9 Å². The molecular weight excluding hydrogens is 271 g/mol. The van der Waals surface area contributed by atoms with Crippen molar-refractivity contribution in [2.45, 2.75) is 72.1 Å². The summed E-state index contributed by atoms with van der Waals surface area (Å²) < 4.78 is 17.5. The number of hydrogen-bond donors (Lipinski definition) is 0. The molecule has 0 aromatic carbocycles. The third kappa shape index (κ3) is 11.2. The number of carbonyl (C=O) groups excluding carboxylic acids is 2. The van der Waals surface area contributed by atoms with E-state index in [1.807, 2.05) is 20.8 Å². The van der Waals surface area contributed by atoms with E-state index >= 15 is 0 Å². The molecule has 0 aromatic rings. The number of halogens is 1. The number of ketones is 1. The van der Waals surface area contributed by atoms with Gasteiger partial charge in [-0.2, -0.15) is 0 Å². The Hall–Kier alpha value is -1.19. The van der Waals surface area contributed by atoms with Crippen molar-refractivity contribution in [1.82, 2.24) is 0 Å². The Bertz CT molecular complexity index is 354. The molecule has 21 heavy (non-hydrogen) atoms. The highest BCUT2D eigenvalue weighted by Crippen LogP contribution is 2.19. The van der Waals surface area contributed by atoms with E-state index in [-0.39, 0.29) is 11.8 Å². The van der Waals surface area contributed by atoms with Gasteiger partial charge >= 0.3 is 5.97 Å². The molecule has 0 unspecified atom stereocenters. The second-order valence-corrected chi connectivity index (χ2v) is 6.41. The molecule has 0 aliphatic carbocycles. The van der Waals surface area contributed by atoms with Crippen molar-refractivity contribution in [1.29, 1.82) is 0 Å². The highest BCUT2D eigenvalue weighted by molar-refractivity contribution is 5.83. The molecule has 122 valence electrons. The van der Waals surface area contributed by atoms with Crippen molar-refractivity contribution in [3.05, 3.63) is 11.9 Å². The lowest BCUT2D eigenvalue weighted by atomic mass is 9.88. The van der Waals surface area contributed by atoms with E-state index in [1.165, 1.54) is 7.11 Å². The van der Waals surface area contributed by atoms with Crippen LogP contribution in [0.25, 0.3) is 0 Å². The Morgan fingerprint density at radius 3 is 1.90 bits per heavy atom. The lowest BCUT2D eigenvalue weighted by molar-refractivity contribution is -0.135. The smallest absolute Gasteiger partial charge is 0.333 e. The Morgan fingerprint density at radius 2 is 1.43 bits per heavy atom. The van der Waals surface area contributed by atoms with Crippen LogP contribution in [0.2, 0.25) is 0 Å². The maximum atomic E-state index is 13.2. The number of rotatable bonds is 10. The first-order valence-corrected chi connectivity index (χ1v) is 7.74. The molecule has 4 heteroatoms. The van der Waals surface area contributed by atoms with Crippen molar-refractivity contribution in [3.8, 4) is 0 Å². The molecule has 0 heterocycles. The monoisotopic (exact) mass is 300 g/mol. The molecule has 0 N–H and O–H groups in total. The third-order valence-corrected chi connectivity index (χ3v) is 3.38. The number of unbranched alkanes of at least 4 members (excludes halogenated alkanes) is 5. The number of Topliss-reactive ketones (excluding diaryl/α,β-unsaturated/α-hetero) is 1. The van der Waals surface area contributed by atoms with Crippen molar-refractivity contribution in [2.75, 3.05) is 7.11 Å². The van der Waals surface area contributed by atoms with Gasteiger partial charge in [0.15, 0.2) is 0 Å². The van der Waals surface area contributed by atoms with Gasteiger partial charge in [-0.1, -0.05) is 46.5 Å². The van der Waals surface area contributed by atoms with Crippen molar-refractivity contribution >= 4 is 11.8 Å². The summed E-state index contributed by atoms with van der Waals surface area (Å²) in [5, 5.41) is 0. The maximum absolute atomic E-state index is 13.2. The molecule has 0 amide bonds. The number of allylic oxidation sites excluding steroid dienone is 1. The lowest BCUT2D eigenvalue weighted by Gasteiger charge is -2.16. The van der Waals surface area contributed by atoms with Gasteiger partial charge in [0.05, 0.1) is 13.2 Å². The van der Waals surface area contributed by atoms with Crippen molar-refractivity contribution in [3.63, 3.8) is 0 Å². The van der Waals surface area contributed by atoms with E-state index in [4.69, 9.17) is 0 Å². The molecule has 0 atom stereocenters. The van der Waals surface area contributed by atoms with Crippen molar-refractivity contribution in [2.24, 2.45) is 5.41 Å². The zero-order valence-corrected chi connectivity index (χ0v) is 13.8. The minimum Gasteiger partial charge on any atom is -0.466 e. The molecule has 0 aliphatic rings. The number of carbonyl (C=O) groups is 2. The summed E-state index contributed by atoms with van der Waals surface area (Å²) >= 11 is 0. The van der Waals surface area contributed by atoms with E-state index < -0.39 is 11.8 Å². The predicted molar refractivity (Wildman–Crippen MR) is 82.6 cm³/mol. The maximum Gasteiger partial charge on any atom is 0.333 e. The summed E-state index contributed by atoms with van der Waals surface area (Å²) in [5.74, 6) is -0.744. The van der Waals surface area contributed by atoms with E-state index in [1.54, 1.807) is 0 Å². The first kappa shape index (κ1) is 19.8. The molecule has 0 saturated carbocycles. The van der Waals surface area contributed by atoms with Crippen LogP contribution in [0.15, 0.2) is 11.9 Å². The van der Waals surface area contributed by atoms with Crippen LogP contribution in [0.4, 0.5) is 4.39 Å². The summed E-state index contributed by atoms with van der Waals surface area (Å²) in [4.78, 5) is 22.5. The van der Waals surface area contributed by atoms with Gasteiger partial charge in [-0.3, -0.25) is 4.79 Å². The quantitative estimate of drug-likeness (QED) is 0.332. The van der Waals surface area contributed by atoms with Gasteiger partial charge in [-0.15, -0.1) is 0 Å². The first-order chi connectivity index (χ1) is 9.77. The Labute approximate surface area is 127 Å². The summed E-state index contributed by atoms with van der Waals surface area (Å²) in [5.41, 5.74) is -0.233. The number of methoxy groups -OCH3 is 1. The Morgan fingerprint density at radius 1 is 0.952 bits per heavy atom. The van der Waals surface area contributed by atoms with Crippen LogP contribution >= 0.6 is 0 Å². The van der Waals surface area contributed by atoms with E-state index in [9.17, 15) is 14.0 Å². The van der Waals surface area contributed by atoms with E-state index in [2.05, 4.69) is 4.74 Å². The van der Waals surface area contributed by atoms with Gasteiger partial charge in [0.2, 0.25) is 0 Å².